The highest BCUT2D eigenvalue weighted by Crippen LogP contribution is 2.30. The molecular formula is C13H16N4O2. The quantitative estimate of drug-likeness (QED) is 0.873. The van der Waals surface area contributed by atoms with Crippen LogP contribution in [0.3, 0.4) is 0 Å². The van der Waals surface area contributed by atoms with Gasteiger partial charge in [0.15, 0.2) is 0 Å². The normalized spacial score (nSPS) is 23.3. The Bertz CT molecular complexity index is 487. The molecule has 0 bridgehead atoms. The molecule has 100 valence electrons. The van der Waals surface area contributed by atoms with Crippen LogP contribution in [0.15, 0.2) is 18.5 Å². The first-order chi connectivity index (χ1) is 9.24. The Hall–Kier alpha value is -1.98. The molecule has 2 aliphatic rings. The van der Waals surface area contributed by atoms with Gasteiger partial charge in [-0.1, -0.05) is 0 Å². The summed E-state index contributed by atoms with van der Waals surface area (Å²) >= 11 is 0. The minimum atomic E-state index is -0.281. The van der Waals surface area contributed by atoms with Gasteiger partial charge in [-0.2, -0.15) is 0 Å². The van der Waals surface area contributed by atoms with Crippen LogP contribution >= 0.6 is 0 Å². The van der Waals surface area contributed by atoms with Gasteiger partial charge in [0.05, 0.1) is 5.92 Å². The standard InChI is InChI=1S/C13H16N4O2/c18-11-7-9(8-17(11)10-3-1-4-10)12(19)16-13-14-5-2-6-15-13/h2,5-6,9-10H,1,3-4,7-8H2,(H,14,15,16,19). The molecule has 1 aliphatic carbocycles. The molecule has 19 heavy (non-hydrogen) atoms. The molecule has 0 radical (unpaired) electrons. The smallest absolute Gasteiger partial charge is 0.232 e. The minimum Gasteiger partial charge on any atom is -0.339 e. The number of nitrogens with one attached hydrogen (secondary N) is 1. The molecule has 2 heterocycles. The fraction of sp³-hybridized carbons (Fsp3) is 0.538. The number of carbonyl (C=O) groups is 2. The van der Waals surface area contributed by atoms with Crippen LogP contribution in [-0.2, 0) is 9.59 Å². The molecule has 6 nitrogen and oxygen atoms in total. The number of nitrogens with zero attached hydrogens (tertiary/aromatic N) is 3. The van der Waals surface area contributed by atoms with Crippen molar-refractivity contribution in [2.24, 2.45) is 5.92 Å². The summed E-state index contributed by atoms with van der Waals surface area (Å²) in [4.78, 5) is 33.7. The first-order valence-electron chi connectivity index (χ1n) is 6.61. The first-order valence-corrected chi connectivity index (χ1v) is 6.61. The molecule has 2 fully saturated rings. The van der Waals surface area contributed by atoms with Crippen molar-refractivity contribution in [1.29, 1.82) is 0 Å². The maximum atomic E-state index is 12.1. The second kappa shape index (κ2) is 4.95. The van der Waals surface area contributed by atoms with Crippen molar-refractivity contribution in [3.63, 3.8) is 0 Å². The second-order valence-electron chi connectivity index (χ2n) is 5.09. The van der Waals surface area contributed by atoms with Gasteiger partial charge in [-0.15, -0.1) is 0 Å². The summed E-state index contributed by atoms with van der Waals surface area (Å²) in [7, 11) is 0. The highest BCUT2D eigenvalue weighted by atomic mass is 16.2. The number of carbonyl (C=O) groups excluding carboxylic acids is 2. The molecule has 0 aromatic carbocycles. The molecular weight excluding hydrogens is 244 g/mol. The van der Waals surface area contributed by atoms with Gasteiger partial charge < -0.3 is 4.90 Å². The number of rotatable bonds is 3. The largest absolute Gasteiger partial charge is 0.339 e. The molecule has 1 N–H and O–H groups in total. The zero-order valence-electron chi connectivity index (χ0n) is 10.6. The van der Waals surface area contributed by atoms with Crippen LogP contribution in [0.1, 0.15) is 25.7 Å². The maximum absolute atomic E-state index is 12.1. The average molecular weight is 260 g/mol. The highest BCUT2D eigenvalue weighted by molar-refractivity contribution is 5.96. The van der Waals surface area contributed by atoms with Gasteiger partial charge in [0.1, 0.15) is 0 Å². The molecule has 1 aliphatic heterocycles. The van der Waals surface area contributed by atoms with E-state index in [-0.39, 0.29) is 17.7 Å². The van der Waals surface area contributed by atoms with Gasteiger partial charge in [0.2, 0.25) is 17.8 Å². The number of anilines is 1. The fourth-order valence-corrected chi connectivity index (χ4v) is 2.53. The Morgan fingerprint density at radius 2 is 2.05 bits per heavy atom. The third-order valence-corrected chi connectivity index (χ3v) is 3.85. The van der Waals surface area contributed by atoms with Gasteiger partial charge in [0, 0.05) is 31.4 Å². The number of aromatic nitrogens is 2. The molecule has 1 saturated carbocycles. The molecule has 1 aromatic rings. The molecule has 1 aromatic heterocycles. The lowest BCUT2D eigenvalue weighted by Gasteiger charge is -2.34. The Morgan fingerprint density at radius 1 is 1.32 bits per heavy atom. The van der Waals surface area contributed by atoms with Crippen molar-refractivity contribution in [1.82, 2.24) is 14.9 Å². The van der Waals surface area contributed by atoms with Gasteiger partial charge in [-0.3, -0.25) is 14.9 Å². The summed E-state index contributed by atoms with van der Waals surface area (Å²) in [6, 6.07) is 2.05. The van der Waals surface area contributed by atoms with Crippen LogP contribution in [0.2, 0.25) is 0 Å². The summed E-state index contributed by atoms with van der Waals surface area (Å²) in [6.07, 6.45) is 6.77. The summed E-state index contributed by atoms with van der Waals surface area (Å²) < 4.78 is 0. The molecule has 0 spiro atoms. The monoisotopic (exact) mass is 260 g/mol. The van der Waals surface area contributed by atoms with E-state index in [1.54, 1.807) is 18.5 Å². The summed E-state index contributed by atoms with van der Waals surface area (Å²) in [5.74, 6) is -0.0563. The van der Waals surface area contributed by atoms with Crippen molar-refractivity contribution in [3.05, 3.63) is 18.5 Å². The maximum Gasteiger partial charge on any atom is 0.232 e. The predicted molar refractivity (Wildman–Crippen MR) is 68.1 cm³/mol. The molecule has 3 rings (SSSR count). The number of hydrogen-bond donors (Lipinski definition) is 1. The van der Waals surface area contributed by atoms with E-state index in [0.29, 0.717) is 25.0 Å². The third-order valence-electron chi connectivity index (χ3n) is 3.85. The van der Waals surface area contributed by atoms with Crippen LogP contribution in [0, 0.1) is 5.92 Å². The van der Waals surface area contributed by atoms with Gasteiger partial charge >= 0.3 is 0 Å². The van der Waals surface area contributed by atoms with Crippen LogP contribution in [0.25, 0.3) is 0 Å². The lowest BCUT2D eigenvalue weighted by atomic mass is 9.92. The van der Waals surface area contributed by atoms with E-state index in [0.717, 1.165) is 12.8 Å². The van der Waals surface area contributed by atoms with E-state index < -0.39 is 0 Å². The van der Waals surface area contributed by atoms with Gasteiger partial charge in [-0.05, 0) is 25.3 Å². The van der Waals surface area contributed by atoms with Crippen molar-refractivity contribution < 1.29 is 9.59 Å². The van der Waals surface area contributed by atoms with Crippen molar-refractivity contribution in [2.75, 3.05) is 11.9 Å². The Labute approximate surface area is 111 Å². The Morgan fingerprint density at radius 3 is 2.68 bits per heavy atom. The van der Waals surface area contributed by atoms with Gasteiger partial charge in [0.25, 0.3) is 0 Å². The van der Waals surface area contributed by atoms with E-state index in [1.165, 1.54) is 6.42 Å². The number of amides is 2. The van der Waals surface area contributed by atoms with Crippen molar-refractivity contribution in [2.45, 2.75) is 31.7 Å². The minimum absolute atomic E-state index is 0.0961. The topological polar surface area (TPSA) is 75.2 Å². The van der Waals surface area contributed by atoms with Crippen LogP contribution < -0.4 is 5.32 Å². The predicted octanol–water partition coefficient (Wildman–Crippen LogP) is 0.816. The van der Waals surface area contributed by atoms with Crippen LogP contribution in [-0.4, -0.2) is 39.3 Å². The fourth-order valence-electron chi connectivity index (χ4n) is 2.53. The number of hydrogen-bond acceptors (Lipinski definition) is 4. The SMILES string of the molecule is O=C(Nc1ncccn1)C1CC(=O)N(C2CCC2)C1. The Kier molecular flexibility index (Phi) is 3.15. The van der Waals surface area contributed by atoms with Crippen LogP contribution in [0.4, 0.5) is 5.95 Å². The lowest BCUT2D eigenvalue weighted by Crippen LogP contribution is -2.41. The van der Waals surface area contributed by atoms with Crippen LogP contribution in [0.5, 0.6) is 0 Å². The molecule has 1 saturated heterocycles. The third kappa shape index (κ3) is 2.43. The highest BCUT2D eigenvalue weighted by Gasteiger charge is 2.39. The zero-order chi connectivity index (χ0) is 13.2. The molecule has 6 heteroatoms. The second-order valence-corrected chi connectivity index (χ2v) is 5.09. The summed E-state index contributed by atoms with van der Waals surface area (Å²) in [5.41, 5.74) is 0. The zero-order valence-corrected chi connectivity index (χ0v) is 10.6. The van der Waals surface area contributed by atoms with E-state index in [9.17, 15) is 9.59 Å². The van der Waals surface area contributed by atoms with E-state index in [2.05, 4.69) is 15.3 Å². The summed E-state index contributed by atoms with van der Waals surface area (Å²) in [6.45, 7) is 0.530. The van der Waals surface area contributed by atoms with E-state index in [4.69, 9.17) is 0 Å². The number of likely N-dealkylation sites (tertiary alicyclic amines) is 1. The lowest BCUT2D eigenvalue weighted by molar-refractivity contribution is -0.131. The first kappa shape index (κ1) is 12.1. The molecule has 1 atom stereocenters. The molecule has 1 unspecified atom stereocenters. The molecule has 2 amide bonds. The average Bonchev–Trinajstić information content (AvgIpc) is 2.71. The van der Waals surface area contributed by atoms with Gasteiger partial charge in [-0.25, -0.2) is 9.97 Å². The van der Waals surface area contributed by atoms with E-state index >= 15 is 0 Å². The van der Waals surface area contributed by atoms with E-state index in [1.807, 2.05) is 4.90 Å². The van der Waals surface area contributed by atoms with Crippen molar-refractivity contribution in [3.8, 4) is 0 Å². The van der Waals surface area contributed by atoms with Crippen molar-refractivity contribution >= 4 is 17.8 Å². The summed E-state index contributed by atoms with van der Waals surface area (Å²) in [5, 5.41) is 2.66. The Balaban J connectivity index is 1.60.